The molecule has 0 aromatic carbocycles. The van der Waals surface area contributed by atoms with Crippen LogP contribution in [0.25, 0.3) is 0 Å². The number of aliphatic hydroxyl groups is 2. The van der Waals surface area contributed by atoms with Crippen molar-refractivity contribution in [2.75, 3.05) is 0 Å². The van der Waals surface area contributed by atoms with Crippen molar-refractivity contribution in [3.8, 4) is 0 Å². The molecule has 2 aromatic heterocycles. The van der Waals surface area contributed by atoms with Crippen molar-refractivity contribution in [1.29, 1.82) is 0 Å². The van der Waals surface area contributed by atoms with E-state index in [9.17, 15) is 10.2 Å². The molecular formula is C30H53HfN2O2. The molecule has 0 aliphatic carbocycles. The molecule has 2 rings (SSSR count). The van der Waals surface area contributed by atoms with Gasteiger partial charge in [0.2, 0.25) is 0 Å². The Balaban J connectivity index is 3.04. The maximum absolute atomic E-state index is 11.7. The van der Waals surface area contributed by atoms with E-state index in [1.54, 1.807) is 6.92 Å². The van der Waals surface area contributed by atoms with Crippen molar-refractivity contribution >= 4 is 0 Å². The summed E-state index contributed by atoms with van der Waals surface area (Å²) in [6, 6.07) is 9.30. The zero-order chi connectivity index (χ0) is 27.4. The molecule has 0 aliphatic heterocycles. The number of hydrogen-bond donors (Lipinski definition) is 2. The minimum absolute atomic E-state index is 0.0213. The molecule has 0 bridgehead atoms. The first kappa shape index (κ1) is 30.6. The summed E-state index contributed by atoms with van der Waals surface area (Å²) in [4.78, 5) is 0. The molecule has 0 aliphatic rings. The molecule has 199 valence electrons. The van der Waals surface area contributed by atoms with Gasteiger partial charge in [0.05, 0.1) is 0 Å². The number of nitrogens with zero attached hydrogens (tertiary/aromatic N) is 2. The third-order valence-corrected chi connectivity index (χ3v) is 17.7. The molecule has 2 unspecified atom stereocenters. The second-order valence-electron chi connectivity index (χ2n) is 15.0. The van der Waals surface area contributed by atoms with Crippen molar-refractivity contribution in [2.24, 2.45) is 0 Å². The molecule has 35 heavy (non-hydrogen) atoms. The van der Waals surface area contributed by atoms with E-state index in [2.05, 4.69) is 112 Å². The zero-order valence-electron chi connectivity index (χ0n) is 25.1. The summed E-state index contributed by atoms with van der Waals surface area (Å²) in [5, 5.41) is 21.9. The summed E-state index contributed by atoms with van der Waals surface area (Å²) in [7, 11) is 0. The molecule has 0 amide bonds. The van der Waals surface area contributed by atoms with Crippen LogP contribution in [0.2, 0.25) is 4.18 Å². The van der Waals surface area contributed by atoms with Crippen LogP contribution in [0.15, 0.2) is 24.3 Å². The normalized spacial score (nSPS) is 16.3. The molecule has 2 atom stereocenters. The fraction of sp³-hybridized carbons (Fsp3) is 0.733. The third-order valence-electron chi connectivity index (χ3n) is 6.63. The molecule has 0 saturated heterocycles. The molecule has 2 heterocycles. The molecule has 2 N–H and O–H groups in total. The van der Waals surface area contributed by atoms with Crippen molar-refractivity contribution in [3.05, 3.63) is 47.0 Å². The first-order chi connectivity index (χ1) is 15.5. The molecule has 0 radical (unpaired) electrons. The van der Waals surface area contributed by atoms with Gasteiger partial charge in [0.15, 0.2) is 0 Å². The summed E-state index contributed by atoms with van der Waals surface area (Å²) < 4.78 is 6.14. The fourth-order valence-corrected chi connectivity index (χ4v) is 19.8. The molecule has 4 nitrogen and oxygen atoms in total. The van der Waals surface area contributed by atoms with Crippen LogP contribution in [0.4, 0.5) is 0 Å². The van der Waals surface area contributed by atoms with Crippen LogP contribution in [-0.4, -0.2) is 27.0 Å². The number of aliphatic hydroxyl groups excluding tert-OH is 1. The zero-order valence-corrected chi connectivity index (χ0v) is 28.7. The van der Waals surface area contributed by atoms with Crippen LogP contribution < -0.4 is 0 Å². The predicted molar refractivity (Wildman–Crippen MR) is 146 cm³/mol. The minimum atomic E-state index is -3.18. The van der Waals surface area contributed by atoms with E-state index < -0.39 is 33.7 Å². The van der Waals surface area contributed by atoms with E-state index in [4.69, 9.17) is 0 Å². The van der Waals surface area contributed by atoms with Crippen LogP contribution >= 0.6 is 0 Å². The van der Waals surface area contributed by atoms with Crippen molar-refractivity contribution in [2.45, 2.75) is 141 Å². The Morgan fingerprint density at radius 1 is 0.629 bits per heavy atom. The molecule has 0 saturated carbocycles. The van der Waals surface area contributed by atoms with Crippen molar-refractivity contribution in [3.63, 3.8) is 0 Å². The number of aromatic nitrogens is 2. The van der Waals surface area contributed by atoms with E-state index in [-0.39, 0.29) is 21.7 Å². The summed E-state index contributed by atoms with van der Waals surface area (Å²) in [6.45, 7) is 31.3. The van der Waals surface area contributed by atoms with E-state index in [0.717, 1.165) is 0 Å². The standard InChI is InChI=1S/2C12H20N.C6H13O2.Hf/c2*1-11(2,3)9-7-8-10(13-9)12(4,5)6;1-5(7)4-6(2,3)8;/h2*7-8H,1-6H3;5,7-8H,2,4H2,1,3H3;/q2*-1;;+2. The first-order valence-corrected chi connectivity index (χ1v) is 18.9. The van der Waals surface area contributed by atoms with E-state index in [0.29, 0.717) is 10.6 Å². The van der Waals surface area contributed by atoms with Crippen LogP contribution in [-0.2, 0) is 43.7 Å². The molecule has 5 heteroatoms. The van der Waals surface area contributed by atoms with Gasteiger partial charge < -0.3 is 0 Å². The Hall–Kier alpha value is -0.650. The number of hydrogen-bond acceptors (Lipinski definition) is 2. The topological polar surface area (TPSA) is 50.3 Å². The van der Waals surface area contributed by atoms with Gasteiger partial charge in [0.25, 0.3) is 0 Å². The molecule has 0 spiro atoms. The Bertz CT molecular complexity index is 866. The Labute approximate surface area is 224 Å². The quantitative estimate of drug-likeness (QED) is 0.323. The van der Waals surface area contributed by atoms with Crippen LogP contribution in [0.1, 0.15) is 126 Å². The first-order valence-electron chi connectivity index (χ1n) is 13.2. The predicted octanol–water partition coefficient (Wildman–Crippen LogP) is 7.26. The van der Waals surface area contributed by atoms with Gasteiger partial charge in [-0.3, -0.25) is 0 Å². The third kappa shape index (κ3) is 7.23. The summed E-state index contributed by atoms with van der Waals surface area (Å²) in [5.41, 5.74) is 4.38. The summed E-state index contributed by atoms with van der Waals surface area (Å²) in [5.74, 6) is 0. The van der Waals surface area contributed by atoms with Crippen molar-refractivity contribution in [1.82, 2.24) is 5.11 Å². The Morgan fingerprint density at radius 3 is 1.09 bits per heavy atom. The summed E-state index contributed by atoms with van der Waals surface area (Å²) >= 11 is -3.18. The second-order valence-corrected chi connectivity index (χ2v) is 22.5. The van der Waals surface area contributed by atoms with Crippen LogP contribution in [0.3, 0.4) is 0 Å². The van der Waals surface area contributed by atoms with Gasteiger partial charge >= 0.3 is 225 Å². The second kappa shape index (κ2) is 9.91. The fourth-order valence-electron chi connectivity index (χ4n) is 5.08. The van der Waals surface area contributed by atoms with E-state index >= 15 is 0 Å². The van der Waals surface area contributed by atoms with Gasteiger partial charge in [-0.25, -0.2) is 0 Å². The van der Waals surface area contributed by atoms with Crippen LogP contribution in [0, 0.1) is 0 Å². The molecule has 2 aromatic rings. The van der Waals surface area contributed by atoms with Gasteiger partial charge in [-0.1, -0.05) is 0 Å². The monoisotopic (exact) mass is 653 g/mol. The van der Waals surface area contributed by atoms with Gasteiger partial charge in [0, 0.05) is 0 Å². The van der Waals surface area contributed by atoms with Gasteiger partial charge in [-0.05, 0) is 0 Å². The van der Waals surface area contributed by atoms with E-state index in [1.165, 1.54) is 22.8 Å². The summed E-state index contributed by atoms with van der Waals surface area (Å²) in [6.07, 6.45) is -0.158. The maximum atomic E-state index is 11.7. The van der Waals surface area contributed by atoms with Gasteiger partial charge in [0.1, 0.15) is 0 Å². The van der Waals surface area contributed by atoms with Gasteiger partial charge in [-0.2, -0.15) is 0 Å². The molecular weight excluding hydrogens is 599 g/mol. The Morgan fingerprint density at radius 2 is 0.886 bits per heavy atom. The van der Waals surface area contributed by atoms with E-state index in [1.807, 2.05) is 6.92 Å². The van der Waals surface area contributed by atoms with Gasteiger partial charge in [-0.15, -0.1) is 0 Å². The molecule has 0 fully saturated rings. The Kier molecular flexibility index (Phi) is 8.66. The van der Waals surface area contributed by atoms with Crippen LogP contribution in [0.5, 0.6) is 0 Å². The average Bonchev–Trinajstić information content (AvgIpc) is 3.21. The average molecular weight is 652 g/mol. The number of rotatable bonds is 6. The SMILES string of the molecule is CC(O)CC(C)(O)[CH2][Hf]([n]1c(C(C)(C)C)ccc1C(C)(C)C)[n]1c(C(C)(C)C)ccc1C(C)(C)C. The van der Waals surface area contributed by atoms with Crippen molar-refractivity contribution < 1.29 is 32.2 Å².